The predicted octanol–water partition coefficient (Wildman–Crippen LogP) is 11.2. The van der Waals surface area contributed by atoms with Crippen LogP contribution in [0.5, 0.6) is 5.75 Å². The molecule has 230 valence electrons. The largest absolute Gasteiger partial charge is 0.432 e. The summed E-state index contributed by atoms with van der Waals surface area (Å²) in [5.74, 6) is -7.77. The van der Waals surface area contributed by atoms with Gasteiger partial charge in [-0.05, 0) is 103 Å². The van der Waals surface area contributed by atoms with E-state index >= 15 is 4.39 Å². The fourth-order valence-electron chi connectivity index (χ4n) is 5.66. The third-order valence-electron chi connectivity index (χ3n) is 7.94. The quantitative estimate of drug-likeness (QED) is 0.141. The fraction of sp³-hybridized carbons (Fsp3) is 0.257. The van der Waals surface area contributed by atoms with Crippen molar-refractivity contribution in [1.29, 1.82) is 0 Å². The molecule has 0 radical (unpaired) electrons. The van der Waals surface area contributed by atoms with Gasteiger partial charge in [0.15, 0.2) is 11.6 Å². The van der Waals surface area contributed by atoms with Gasteiger partial charge in [0.25, 0.3) is 0 Å². The molecule has 0 heterocycles. The summed E-state index contributed by atoms with van der Waals surface area (Å²) in [5.41, 5.74) is -1.72. The highest BCUT2D eigenvalue weighted by Crippen LogP contribution is 2.40. The van der Waals surface area contributed by atoms with Gasteiger partial charge in [0, 0.05) is 17.2 Å². The van der Waals surface area contributed by atoms with Crippen LogP contribution in [0.4, 0.5) is 35.1 Å². The average Bonchev–Trinajstić information content (AvgIpc) is 2.97. The Morgan fingerprint density at radius 3 is 1.89 bits per heavy atom. The van der Waals surface area contributed by atoms with E-state index in [9.17, 15) is 30.7 Å². The van der Waals surface area contributed by atoms with Crippen LogP contribution in [0.3, 0.4) is 0 Å². The second-order valence-corrected chi connectivity index (χ2v) is 10.9. The molecule has 5 rings (SSSR count). The smallest absolute Gasteiger partial charge is 0.429 e. The van der Waals surface area contributed by atoms with Crippen LogP contribution < -0.4 is 4.74 Å². The Kier molecular flexibility index (Phi) is 9.13. The third-order valence-corrected chi connectivity index (χ3v) is 7.94. The molecule has 4 aromatic rings. The Morgan fingerprint density at radius 1 is 0.659 bits per heavy atom. The van der Waals surface area contributed by atoms with Crippen LogP contribution in [0.2, 0.25) is 0 Å². The first kappa shape index (κ1) is 31.3. The Bertz CT molecular complexity index is 1670. The molecule has 1 aliphatic carbocycles. The van der Waals surface area contributed by atoms with E-state index in [4.69, 9.17) is 0 Å². The standard InChI is InChI=1S/C35H28F8O/c1-2-3-4-20-5-7-21(8-6-20)22-9-12-27(29(37)15-22)24-17-32(40)34(33(41)18-24)35(42,43)44-25-11-13-26(30(38)19-25)23-10-14-28(36)31(39)16-23/h3-4,9-21H,2,5-8H2,1H3/b4-3+. The molecule has 44 heavy (non-hydrogen) atoms. The highest BCUT2D eigenvalue weighted by Gasteiger charge is 2.41. The van der Waals surface area contributed by atoms with Gasteiger partial charge in [0.2, 0.25) is 0 Å². The van der Waals surface area contributed by atoms with Gasteiger partial charge in [0.05, 0.1) is 0 Å². The van der Waals surface area contributed by atoms with Crippen LogP contribution in [0, 0.1) is 40.8 Å². The first-order valence-electron chi connectivity index (χ1n) is 14.2. The first-order valence-corrected chi connectivity index (χ1v) is 14.2. The molecular weight excluding hydrogens is 588 g/mol. The van der Waals surface area contributed by atoms with E-state index in [1.165, 1.54) is 12.1 Å². The predicted molar refractivity (Wildman–Crippen MR) is 152 cm³/mol. The summed E-state index contributed by atoms with van der Waals surface area (Å²) >= 11 is 0. The molecule has 9 heteroatoms. The van der Waals surface area contributed by atoms with Gasteiger partial charge < -0.3 is 4.74 Å². The molecule has 1 nitrogen and oxygen atoms in total. The molecule has 0 N–H and O–H groups in total. The number of ether oxygens (including phenoxy) is 1. The molecule has 4 aromatic carbocycles. The number of alkyl halides is 2. The molecule has 1 fully saturated rings. The van der Waals surface area contributed by atoms with E-state index in [1.807, 2.05) is 0 Å². The summed E-state index contributed by atoms with van der Waals surface area (Å²) < 4.78 is 121. The van der Waals surface area contributed by atoms with E-state index in [2.05, 4.69) is 23.8 Å². The van der Waals surface area contributed by atoms with Crippen LogP contribution in [0.25, 0.3) is 22.3 Å². The summed E-state index contributed by atoms with van der Waals surface area (Å²) in [6.07, 6.45) is 4.45. The van der Waals surface area contributed by atoms with Crippen molar-refractivity contribution in [3.63, 3.8) is 0 Å². The number of rotatable bonds is 8. The fourth-order valence-corrected chi connectivity index (χ4v) is 5.66. The Balaban J connectivity index is 1.34. The van der Waals surface area contributed by atoms with Crippen LogP contribution in [-0.2, 0) is 6.11 Å². The minimum absolute atomic E-state index is 0.0696. The maximum Gasteiger partial charge on any atom is 0.432 e. The zero-order chi connectivity index (χ0) is 31.6. The number of halogens is 8. The molecule has 0 aliphatic heterocycles. The SMILES string of the molecule is CC/C=C/C1CCC(c2ccc(-c3cc(F)c(C(F)(F)Oc4ccc(-c5ccc(F)c(F)c5)c(F)c4)c(F)c3)c(F)c2)CC1. The molecule has 1 aliphatic rings. The zero-order valence-electron chi connectivity index (χ0n) is 23.6. The molecule has 1 saturated carbocycles. The third kappa shape index (κ3) is 6.66. The van der Waals surface area contributed by atoms with E-state index in [1.54, 1.807) is 6.07 Å². The molecule has 0 bridgehead atoms. The van der Waals surface area contributed by atoms with Crippen molar-refractivity contribution in [2.24, 2.45) is 5.92 Å². The molecular formula is C35H28F8O. The van der Waals surface area contributed by atoms with Gasteiger partial charge in [-0.25, -0.2) is 26.3 Å². The van der Waals surface area contributed by atoms with Crippen molar-refractivity contribution >= 4 is 0 Å². The summed E-state index contributed by atoms with van der Waals surface area (Å²) in [7, 11) is 0. The normalized spacial score (nSPS) is 17.3. The minimum atomic E-state index is -4.59. The average molecular weight is 617 g/mol. The lowest BCUT2D eigenvalue weighted by molar-refractivity contribution is -0.189. The van der Waals surface area contributed by atoms with Crippen LogP contribution in [0.1, 0.15) is 56.1 Å². The molecule has 0 amide bonds. The van der Waals surface area contributed by atoms with Gasteiger partial charge >= 0.3 is 6.11 Å². The van der Waals surface area contributed by atoms with Crippen molar-refractivity contribution in [2.75, 3.05) is 0 Å². The van der Waals surface area contributed by atoms with Gasteiger partial charge in [0.1, 0.15) is 34.6 Å². The second kappa shape index (κ2) is 12.8. The Labute approximate surface area is 249 Å². The van der Waals surface area contributed by atoms with Crippen molar-refractivity contribution < 1.29 is 39.9 Å². The van der Waals surface area contributed by atoms with Crippen LogP contribution in [-0.4, -0.2) is 0 Å². The molecule has 0 spiro atoms. The molecule has 0 saturated heterocycles. The van der Waals surface area contributed by atoms with Gasteiger partial charge in [-0.1, -0.05) is 37.3 Å². The monoisotopic (exact) mass is 616 g/mol. The zero-order valence-corrected chi connectivity index (χ0v) is 23.6. The minimum Gasteiger partial charge on any atom is -0.429 e. The van der Waals surface area contributed by atoms with E-state index in [-0.39, 0.29) is 28.2 Å². The lowest BCUT2D eigenvalue weighted by Crippen LogP contribution is -2.25. The maximum absolute atomic E-state index is 15.2. The van der Waals surface area contributed by atoms with Gasteiger partial charge in [-0.3, -0.25) is 0 Å². The number of benzene rings is 4. The van der Waals surface area contributed by atoms with Crippen LogP contribution >= 0.6 is 0 Å². The lowest BCUT2D eigenvalue weighted by Gasteiger charge is -2.27. The summed E-state index contributed by atoms with van der Waals surface area (Å²) in [5, 5.41) is 0. The topological polar surface area (TPSA) is 9.23 Å². The van der Waals surface area contributed by atoms with Gasteiger partial charge in [-0.2, -0.15) is 8.78 Å². The van der Waals surface area contributed by atoms with Crippen LogP contribution in [0.15, 0.2) is 78.9 Å². The molecule has 0 atom stereocenters. The summed E-state index contributed by atoms with van der Waals surface area (Å²) in [6.45, 7) is 2.07. The van der Waals surface area contributed by atoms with Crippen molar-refractivity contribution in [3.05, 3.63) is 125 Å². The van der Waals surface area contributed by atoms with E-state index in [0.29, 0.717) is 24.1 Å². The van der Waals surface area contributed by atoms with Crippen molar-refractivity contribution in [3.8, 4) is 28.0 Å². The molecule has 0 aromatic heterocycles. The first-order chi connectivity index (χ1) is 21.0. The Morgan fingerprint density at radius 2 is 1.27 bits per heavy atom. The van der Waals surface area contributed by atoms with Crippen molar-refractivity contribution in [2.45, 2.75) is 51.1 Å². The number of hydrogen-bond donors (Lipinski definition) is 0. The highest BCUT2D eigenvalue weighted by molar-refractivity contribution is 5.66. The highest BCUT2D eigenvalue weighted by atomic mass is 19.3. The Hall–Kier alpha value is -4.14. The summed E-state index contributed by atoms with van der Waals surface area (Å²) in [6, 6.07) is 10.6. The van der Waals surface area contributed by atoms with E-state index in [0.717, 1.165) is 68.0 Å². The number of allylic oxidation sites excluding steroid dienone is 2. The lowest BCUT2D eigenvalue weighted by atomic mass is 9.78. The maximum atomic E-state index is 15.2. The van der Waals surface area contributed by atoms with Gasteiger partial charge in [-0.15, -0.1) is 0 Å². The van der Waals surface area contributed by atoms with Crippen molar-refractivity contribution in [1.82, 2.24) is 0 Å². The summed E-state index contributed by atoms with van der Waals surface area (Å²) in [4.78, 5) is 0. The molecule has 0 unspecified atom stereocenters. The van der Waals surface area contributed by atoms with E-state index < -0.39 is 52.3 Å². The second-order valence-electron chi connectivity index (χ2n) is 10.9. The number of hydrogen-bond acceptors (Lipinski definition) is 1.